The van der Waals surface area contributed by atoms with E-state index in [1.165, 1.54) is 21.9 Å². The third-order valence-corrected chi connectivity index (χ3v) is 4.67. The van der Waals surface area contributed by atoms with Gasteiger partial charge in [-0.05, 0) is 23.7 Å². The van der Waals surface area contributed by atoms with Gasteiger partial charge in [0, 0.05) is 29.4 Å². The maximum absolute atomic E-state index is 4.43. The molecule has 1 aromatic carbocycles. The summed E-state index contributed by atoms with van der Waals surface area (Å²) >= 11 is 3.23. The second-order valence-electron chi connectivity index (χ2n) is 4.18. The first-order valence-electron chi connectivity index (χ1n) is 5.82. The molecule has 0 aliphatic carbocycles. The van der Waals surface area contributed by atoms with Crippen LogP contribution >= 0.6 is 22.9 Å². The Morgan fingerprint density at radius 1 is 1.33 bits per heavy atom. The van der Waals surface area contributed by atoms with Gasteiger partial charge in [0.1, 0.15) is 5.00 Å². The summed E-state index contributed by atoms with van der Waals surface area (Å²) in [6.45, 7) is 3.08. The molecule has 0 bridgehead atoms. The molecule has 2 aromatic heterocycles. The molecule has 0 aliphatic rings. The molecule has 18 heavy (non-hydrogen) atoms. The second kappa shape index (κ2) is 5.04. The van der Waals surface area contributed by atoms with Gasteiger partial charge in [0.25, 0.3) is 0 Å². The van der Waals surface area contributed by atoms with Crippen molar-refractivity contribution >= 4 is 38.8 Å². The minimum atomic E-state index is 0.422. The topological polar surface area (TPSA) is 37.8 Å². The molecule has 1 unspecified atom stereocenters. The van der Waals surface area contributed by atoms with Crippen molar-refractivity contribution in [2.24, 2.45) is 0 Å². The van der Waals surface area contributed by atoms with E-state index < -0.39 is 0 Å². The number of rotatable bonds is 4. The molecule has 5 heteroatoms. The van der Waals surface area contributed by atoms with Gasteiger partial charge in [-0.25, -0.2) is 4.98 Å². The zero-order valence-corrected chi connectivity index (χ0v) is 11.6. The number of aromatic nitrogens is 2. The molecule has 2 heterocycles. The summed E-state index contributed by atoms with van der Waals surface area (Å²) in [6.07, 6.45) is 1.86. The normalized spacial score (nSPS) is 12.7. The van der Waals surface area contributed by atoms with Crippen molar-refractivity contribution in [2.75, 3.05) is 11.9 Å². The van der Waals surface area contributed by atoms with Crippen LogP contribution in [-0.2, 0) is 0 Å². The van der Waals surface area contributed by atoms with Crippen LogP contribution in [0.25, 0.3) is 10.9 Å². The molecule has 92 valence electrons. The van der Waals surface area contributed by atoms with Gasteiger partial charge >= 0.3 is 0 Å². The average Bonchev–Trinajstić information content (AvgIpc) is 3.06. The third kappa shape index (κ3) is 2.23. The lowest BCUT2D eigenvalue weighted by Gasteiger charge is -2.09. The van der Waals surface area contributed by atoms with E-state index in [2.05, 4.69) is 27.7 Å². The molecule has 0 saturated carbocycles. The summed E-state index contributed by atoms with van der Waals surface area (Å²) in [5.41, 5.74) is 1.06. The number of hydrogen-bond acceptors (Lipinski definition) is 5. The Morgan fingerprint density at radius 2 is 2.22 bits per heavy atom. The Bertz CT molecular complexity index is 631. The molecule has 3 aromatic rings. The molecule has 0 spiro atoms. The van der Waals surface area contributed by atoms with Crippen LogP contribution in [-0.4, -0.2) is 15.9 Å². The number of benzene rings is 1. The molecule has 0 saturated heterocycles. The predicted octanol–water partition coefficient (Wildman–Crippen LogP) is 3.97. The van der Waals surface area contributed by atoms with E-state index in [1.807, 2.05) is 29.8 Å². The van der Waals surface area contributed by atoms with Crippen molar-refractivity contribution in [3.8, 4) is 0 Å². The number of thiazole rings is 1. The maximum Gasteiger partial charge on any atom is 0.117 e. The highest BCUT2D eigenvalue weighted by Gasteiger charge is 2.10. The van der Waals surface area contributed by atoms with E-state index in [-0.39, 0.29) is 0 Å². The first-order valence-corrected chi connectivity index (χ1v) is 7.47. The van der Waals surface area contributed by atoms with Crippen LogP contribution in [0.5, 0.6) is 0 Å². The summed E-state index contributed by atoms with van der Waals surface area (Å²) in [6, 6.07) is 8.21. The molecule has 3 rings (SSSR count). The second-order valence-corrected chi connectivity index (χ2v) is 5.88. The van der Waals surface area contributed by atoms with Gasteiger partial charge in [-0.1, -0.05) is 19.1 Å². The van der Waals surface area contributed by atoms with Crippen molar-refractivity contribution in [2.45, 2.75) is 12.8 Å². The maximum atomic E-state index is 4.43. The van der Waals surface area contributed by atoms with Crippen molar-refractivity contribution < 1.29 is 0 Å². The fourth-order valence-electron chi connectivity index (χ4n) is 1.83. The molecule has 0 amide bonds. The van der Waals surface area contributed by atoms with E-state index in [0.717, 1.165) is 17.1 Å². The van der Waals surface area contributed by atoms with E-state index in [9.17, 15) is 0 Å². The van der Waals surface area contributed by atoms with Crippen LogP contribution in [0, 0.1) is 0 Å². The van der Waals surface area contributed by atoms with Gasteiger partial charge in [0.2, 0.25) is 0 Å². The SMILES string of the molecule is CC(CNc1snc2ccccc12)c1nccs1. The summed E-state index contributed by atoms with van der Waals surface area (Å²) in [5, 5.41) is 9.03. The third-order valence-electron chi connectivity index (χ3n) is 2.83. The lowest BCUT2D eigenvalue weighted by molar-refractivity contribution is 0.797. The minimum absolute atomic E-state index is 0.422. The highest BCUT2D eigenvalue weighted by Crippen LogP contribution is 2.28. The Labute approximate surface area is 114 Å². The largest absolute Gasteiger partial charge is 0.374 e. The molecule has 0 aliphatic heterocycles. The van der Waals surface area contributed by atoms with Crippen LogP contribution in [0.3, 0.4) is 0 Å². The monoisotopic (exact) mass is 275 g/mol. The van der Waals surface area contributed by atoms with Crippen molar-refractivity contribution in [1.29, 1.82) is 0 Å². The summed E-state index contributed by atoms with van der Waals surface area (Å²) < 4.78 is 4.43. The van der Waals surface area contributed by atoms with E-state index in [1.54, 1.807) is 11.3 Å². The van der Waals surface area contributed by atoms with E-state index in [4.69, 9.17) is 0 Å². The first-order chi connectivity index (χ1) is 8.84. The lowest BCUT2D eigenvalue weighted by Crippen LogP contribution is -2.08. The highest BCUT2D eigenvalue weighted by atomic mass is 32.1. The summed E-state index contributed by atoms with van der Waals surface area (Å²) in [4.78, 5) is 4.34. The van der Waals surface area contributed by atoms with Gasteiger partial charge in [-0.3, -0.25) is 0 Å². The molecule has 3 nitrogen and oxygen atoms in total. The zero-order chi connectivity index (χ0) is 12.4. The molecule has 1 N–H and O–H groups in total. The van der Waals surface area contributed by atoms with Crippen molar-refractivity contribution in [3.63, 3.8) is 0 Å². The standard InChI is InChI=1S/C13H13N3S2/c1-9(12-14-6-7-17-12)8-15-13-10-4-2-3-5-11(10)16-18-13/h2-7,9,15H,8H2,1H3. The van der Waals surface area contributed by atoms with Crippen molar-refractivity contribution in [1.82, 2.24) is 9.36 Å². The molecule has 1 atom stereocenters. The van der Waals surface area contributed by atoms with Crippen molar-refractivity contribution in [3.05, 3.63) is 40.8 Å². The zero-order valence-electron chi connectivity index (χ0n) is 9.96. The minimum Gasteiger partial charge on any atom is -0.374 e. The number of fused-ring (bicyclic) bond motifs is 1. The summed E-state index contributed by atoms with van der Waals surface area (Å²) in [5.74, 6) is 0.422. The Hall–Kier alpha value is -1.46. The number of nitrogens with one attached hydrogen (secondary N) is 1. The van der Waals surface area contributed by atoms with Gasteiger partial charge < -0.3 is 5.32 Å². The van der Waals surface area contributed by atoms with Crippen LogP contribution in [0.2, 0.25) is 0 Å². The van der Waals surface area contributed by atoms with Gasteiger partial charge in [-0.15, -0.1) is 11.3 Å². The summed E-state index contributed by atoms with van der Waals surface area (Å²) in [7, 11) is 0. The Morgan fingerprint density at radius 3 is 3.06 bits per heavy atom. The average molecular weight is 275 g/mol. The molecular formula is C13H13N3S2. The molecular weight excluding hydrogens is 262 g/mol. The van der Waals surface area contributed by atoms with Gasteiger partial charge in [0.15, 0.2) is 0 Å². The molecule has 0 fully saturated rings. The first kappa shape index (κ1) is 11.6. The fraction of sp³-hybridized carbons (Fsp3) is 0.231. The lowest BCUT2D eigenvalue weighted by atomic mass is 10.2. The smallest absolute Gasteiger partial charge is 0.117 e. The van der Waals surface area contributed by atoms with Crippen LogP contribution < -0.4 is 5.32 Å². The fourth-order valence-corrected chi connectivity index (χ4v) is 3.29. The predicted molar refractivity (Wildman–Crippen MR) is 78.6 cm³/mol. The number of hydrogen-bond donors (Lipinski definition) is 1. The van der Waals surface area contributed by atoms with Crippen LogP contribution in [0.1, 0.15) is 17.8 Å². The Kier molecular flexibility index (Phi) is 3.25. The Balaban J connectivity index is 1.73. The molecule has 0 radical (unpaired) electrons. The number of anilines is 1. The van der Waals surface area contributed by atoms with Crippen LogP contribution in [0.15, 0.2) is 35.8 Å². The number of nitrogens with zero attached hydrogens (tertiary/aromatic N) is 2. The highest BCUT2D eigenvalue weighted by molar-refractivity contribution is 7.11. The quantitative estimate of drug-likeness (QED) is 0.783. The van der Waals surface area contributed by atoms with Gasteiger partial charge in [-0.2, -0.15) is 4.37 Å². The van der Waals surface area contributed by atoms with Crippen LogP contribution in [0.4, 0.5) is 5.00 Å². The van der Waals surface area contributed by atoms with E-state index in [0.29, 0.717) is 5.92 Å². The van der Waals surface area contributed by atoms with E-state index >= 15 is 0 Å². The van der Waals surface area contributed by atoms with Gasteiger partial charge in [0.05, 0.1) is 10.5 Å².